The van der Waals surface area contributed by atoms with Gasteiger partial charge in [0.15, 0.2) is 0 Å². The fourth-order valence-corrected chi connectivity index (χ4v) is 1.91. The summed E-state index contributed by atoms with van der Waals surface area (Å²) in [5.41, 5.74) is 4.36. The van der Waals surface area contributed by atoms with Gasteiger partial charge < -0.3 is 5.43 Å². The number of hydrazine groups is 1. The van der Waals surface area contributed by atoms with Crippen LogP contribution in [0.25, 0.3) is 0 Å². The quantitative estimate of drug-likeness (QED) is 0.882. The Morgan fingerprint density at radius 2 is 1.62 bits per heavy atom. The lowest BCUT2D eigenvalue weighted by Crippen LogP contribution is -2.34. The maximum Gasteiger partial charge on any atom is 0.0676 e. The monoisotopic (exact) mass is 282 g/mol. The number of piperidine rings is 1. The van der Waals surface area contributed by atoms with Crippen LogP contribution in [0.3, 0.4) is 0 Å². The van der Waals surface area contributed by atoms with Crippen molar-refractivity contribution in [1.29, 1.82) is 0 Å². The second kappa shape index (κ2) is 8.02. The van der Waals surface area contributed by atoms with Crippen molar-refractivity contribution in [2.45, 2.75) is 19.3 Å². The van der Waals surface area contributed by atoms with E-state index in [9.17, 15) is 0 Å². The Kier molecular flexibility index (Phi) is 7.94. The summed E-state index contributed by atoms with van der Waals surface area (Å²) in [5, 5.41) is 3.03. The Bertz CT molecular complexity index is 301. The van der Waals surface area contributed by atoms with Gasteiger partial charge in [-0.2, -0.15) is 0 Å². The molecular formula is C11H17Cl3N2. The van der Waals surface area contributed by atoms with Gasteiger partial charge in [0.25, 0.3) is 0 Å². The second-order valence-electron chi connectivity index (χ2n) is 3.64. The van der Waals surface area contributed by atoms with Crippen LogP contribution < -0.4 is 5.43 Å². The zero-order valence-electron chi connectivity index (χ0n) is 8.99. The Labute approximate surface area is 114 Å². The van der Waals surface area contributed by atoms with Crippen LogP contribution in [0.5, 0.6) is 0 Å². The molecule has 0 aliphatic carbocycles. The SMILES string of the molecule is Cl.Cl.Clc1ccccc1NN1CCCCC1. The summed E-state index contributed by atoms with van der Waals surface area (Å²) in [5.74, 6) is 0. The molecule has 0 bridgehead atoms. The van der Waals surface area contributed by atoms with E-state index in [1.54, 1.807) is 0 Å². The molecule has 0 spiro atoms. The topological polar surface area (TPSA) is 15.3 Å². The van der Waals surface area contributed by atoms with Gasteiger partial charge >= 0.3 is 0 Å². The molecule has 1 aromatic rings. The van der Waals surface area contributed by atoms with E-state index >= 15 is 0 Å². The lowest BCUT2D eigenvalue weighted by atomic mass is 10.2. The Morgan fingerprint density at radius 3 is 2.25 bits per heavy atom. The van der Waals surface area contributed by atoms with Crippen LogP contribution in [-0.2, 0) is 0 Å². The lowest BCUT2D eigenvalue weighted by molar-refractivity contribution is 0.273. The van der Waals surface area contributed by atoms with Crippen molar-refractivity contribution >= 4 is 42.1 Å². The van der Waals surface area contributed by atoms with E-state index in [0.29, 0.717) is 0 Å². The summed E-state index contributed by atoms with van der Waals surface area (Å²) in [7, 11) is 0. The molecule has 0 radical (unpaired) electrons. The Morgan fingerprint density at radius 1 is 1.00 bits per heavy atom. The van der Waals surface area contributed by atoms with E-state index in [2.05, 4.69) is 10.4 Å². The van der Waals surface area contributed by atoms with Crippen molar-refractivity contribution in [2.24, 2.45) is 0 Å². The Hall–Kier alpha value is -0.150. The summed E-state index contributed by atoms with van der Waals surface area (Å²) < 4.78 is 0. The first-order valence-corrected chi connectivity index (χ1v) is 5.50. The van der Waals surface area contributed by atoms with Crippen LogP contribution in [0.1, 0.15) is 19.3 Å². The lowest BCUT2D eigenvalue weighted by Gasteiger charge is -2.28. The van der Waals surface area contributed by atoms with Gasteiger partial charge in [-0.3, -0.25) is 0 Å². The van der Waals surface area contributed by atoms with Gasteiger partial charge in [0.1, 0.15) is 0 Å². The summed E-state index contributed by atoms with van der Waals surface area (Å²) in [6.45, 7) is 2.23. The molecule has 16 heavy (non-hydrogen) atoms. The number of rotatable bonds is 2. The second-order valence-corrected chi connectivity index (χ2v) is 4.05. The van der Waals surface area contributed by atoms with E-state index in [-0.39, 0.29) is 24.8 Å². The third kappa shape index (κ3) is 4.38. The molecule has 0 atom stereocenters. The maximum atomic E-state index is 6.05. The predicted octanol–water partition coefficient (Wildman–Crippen LogP) is 4.00. The summed E-state index contributed by atoms with van der Waals surface area (Å²) in [4.78, 5) is 0. The molecule has 0 saturated carbocycles. The average Bonchev–Trinajstić information content (AvgIpc) is 2.23. The van der Waals surface area contributed by atoms with E-state index in [1.807, 2.05) is 24.3 Å². The number of hydrogen-bond acceptors (Lipinski definition) is 2. The van der Waals surface area contributed by atoms with Gasteiger partial charge in [0, 0.05) is 13.1 Å². The Balaban J connectivity index is 0.00000112. The molecule has 1 aliphatic heterocycles. The molecule has 0 aromatic heterocycles. The molecular weight excluding hydrogens is 266 g/mol. The van der Waals surface area contributed by atoms with Crippen LogP contribution in [-0.4, -0.2) is 18.1 Å². The molecule has 5 heteroatoms. The highest BCUT2D eigenvalue weighted by Crippen LogP contribution is 2.22. The number of halogens is 3. The van der Waals surface area contributed by atoms with Crippen molar-refractivity contribution in [2.75, 3.05) is 18.5 Å². The molecule has 1 aliphatic rings. The first-order chi connectivity index (χ1) is 6.86. The largest absolute Gasteiger partial charge is 0.317 e. The minimum Gasteiger partial charge on any atom is -0.317 e. The van der Waals surface area contributed by atoms with Crippen molar-refractivity contribution in [3.05, 3.63) is 29.3 Å². The first-order valence-electron chi connectivity index (χ1n) is 5.12. The first kappa shape index (κ1) is 15.9. The number of para-hydroxylation sites is 1. The maximum absolute atomic E-state index is 6.05. The number of hydrogen-bond donors (Lipinski definition) is 1. The standard InChI is InChI=1S/C11H15ClN2.2ClH/c12-10-6-2-3-7-11(10)13-14-8-4-1-5-9-14;;/h2-3,6-7,13H,1,4-5,8-9H2;2*1H. The number of benzene rings is 1. The minimum atomic E-state index is 0. The van der Waals surface area contributed by atoms with Crippen LogP contribution in [0, 0.1) is 0 Å². The van der Waals surface area contributed by atoms with Gasteiger partial charge in [0.05, 0.1) is 10.7 Å². The molecule has 0 amide bonds. The van der Waals surface area contributed by atoms with E-state index in [4.69, 9.17) is 11.6 Å². The highest BCUT2D eigenvalue weighted by molar-refractivity contribution is 6.33. The normalized spacial score (nSPS) is 15.8. The fourth-order valence-electron chi connectivity index (χ4n) is 1.73. The molecule has 2 rings (SSSR count). The molecule has 1 N–H and O–H groups in total. The summed E-state index contributed by atoms with van der Waals surface area (Å²) >= 11 is 6.05. The van der Waals surface area contributed by atoms with Gasteiger partial charge in [0.2, 0.25) is 0 Å². The van der Waals surface area contributed by atoms with Gasteiger partial charge in [-0.1, -0.05) is 30.2 Å². The highest BCUT2D eigenvalue weighted by atomic mass is 35.5. The minimum absolute atomic E-state index is 0. The number of nitrogens with zero attached hydrogens (tertiary/aromatic N) is 1. The van der Waals surface area contributed by atoms with Crippen molar-refractivity contribution in [3.8, 4) is 0 Å². The van der Waals surface area contributed by atoms with Crippen LogP contribution in [0.4, 0.5) is 5.69 Å². The average molecular weight is 284 g/mol. The van der Waals surface area contributed by atoms with Crippen LogP contribution in [0.2, 0.25) is 5.02 Å². The zero-order valence-corrected chi connectivity index (χ0v) is 11.4. The van der Waals surface area contributed by atoms with Crippen molar-refractivity contribution in [1.82, 2.24) is 5.01 Å². The van der Waals surface area contributed by atoms with Gasteiger partial charge in [-0.25, -0.2) is 5.01 Å². The smallest absolute Gasteiger partial charge is 0.0676 e. The molecule has 1 aromatic carbocycles. The van der Waals surface area contributed by atoms with Gasteiger partial charge in [-0.15, -0.1) is 24.8 Å². The number of nitrogens with one attached hydrogen (secondary N) is 1. The molecule has 2 nitrogen and oxygen atoms in total. The van der Waals surface area contributed by atoms with E-state index in [0.717, 1.165) is 23.8 Å². The third-order valence-electron chi connectivity index (χ3n) is 2.51. The molecule has 1 fully saturated rings. The molecule has 1 saturated heterocycles. The highest BCUT2D eigenvalue weighted by Gasteiger charge is 2.10. The molecule has 92 valence electrons. The number of anilines is 1. The van der Waals surface area contributed by atoms with Crippen LogP contribution in [0.15, 0.2) is 24.3 Å². The van der Waals surface area contributed by atoms with Crippen molar-refractivity contribution in [3.63, 3.8) is 0 Å². The van der Waals surface area contributed by atoms with E-state index in [1.165, 1.54) is 19.3 Å². The zero-order chi connectivity index (χ0) is 9.80. The molecule has 0 unspecified atom stereocenters. The fraction of sp³-hybridized carbons (Fsp3) is 0.455. The molecule has 1 heterocycles. The summed E-state index contributed by atoms with van der Waals surface area (Å²) in [6, 6.07) is 7.87. The van der Waals surface area contributed by atoms with Crippen LogP contribution >= 0.6 is 36.4 Å². The van der Waals surface area contributed by atoms with Crippen molar-refractivity contribution < 1.29 is 0 Å². The van der Waals surface area contributed by atoms with Gasteiger partial charge in [-0.05, 0) is 25.0 Å². The summed E-state index contributed by atoms with van der Waals surface area (Å²) in [6.07, 6.45) is 3.90. The third-order valence-corrected chi connectivity index (χ3v) is 2.84. The predicted molar refractivity (Wildman–Crippen MR) is 75.0 cm³/mol. The van der Waals surface area contributed by atoms with E-state index < -0.39 is 0 Å².